The maximum atomic E-state index is 14.7. The van der Waals surface area contributed by atoms with Crippen LogP contribution >= 0.6 is 23.2 Å². The van der Waals surface area contributed by atoms with E-state index in [2.05, 4.69) is 5.32 Å². The van der Waals surface area contributed by atoms with Gasteiger partial charge in [0.05, 0.1) is 20.6 Å². The number of carbonyl (C=O) groups excluding carboxylic acids is 2. The first-order valence-corrected chi connectivity index (χ1v) is 18.4. The van der Waals surface area contributed by atoms with Gasteiger partial charge in [0.15, 0.2) is 0 Å². The minimum absolute atomic E-state index is 0.0105. The van der Waals surface area contributed by atoms with Crippen LogP contribution in [0, 0.1) is 20.8 Å². The zero-order chi connectivity index (χ0) is 34.4. The Labute approximate surface area is 293 Å². The van der Waals surface area contributed by atoms with Gasteiger partial charge in [0.25, 0.3) is 10.0 Å². The number of halogens is 2. The Hall–Kier alpha value is -3.85. The van der Waals surface area contributed by atoms with Gasteiger partial charge in [0.2, 0.25) is 11.8 Å². The number of sulfonamides is 1. The van der Waals surface area contributed by atoms with Gasteiger partial charge < -0.3 is 10.2 Å². The van der Waals surface area contributed by atoms with Gasteiger partial charge in [-0.15, -0.1) is 0 Å². The molecule has 10 heteroatoms. The third kappa shape index (κ3) is 8.78. The SMILES string of the molecule is Cc1ccc(S(=O)(=O)N(CC(=O)N(Cc2ccc(Cl)c(Cl)c2)[C@@H](Cc2ccccc2)C(=O)NC2CCCC2)c2cc(C)cc(C)c2)cc1. The third-order valence-corrected chi connectivity index (χ3v) is 11.2. The second-order valence-electron chi connectivity index (χ2n) is 12.6. The van der Waals surface area contributed by atoms with Gasteiger partial charge in [-0.3, -0.25) is 13.9 Å². The highest BCUT2D eigenvalue weighted by molar-refractivity contribution is 7.92. The molecule has 0 radical (unpaired) electrons. The van der Waals surface area contributed by atoms with Crippen LogP contribution < -0.4 is 9.62 Å². The van der Waals surface area contributed by atoms with Crippen LogP contribution in [0.1, 0.15) is 53.5 Å². The molecule has 252 valence electrons. The summed E-state index contributed by atoms with van der Waals surface area (Å²) in [5, 5.41) is 3.87. The monoisotopic (exact) mass is 705 g/mol. The first-order valence-electron chi connectivity index (χ1n) is 16.2. The van der Waals surface area contributed by atoms with Crippen molar-refractivity contribution in [2.75, 3.05) is 10.8 Å². The lowest BCUT2D eigenvalue weighted by Crippen LogP contribution is -2.54. The summed E-state index contributed by atoms with van der Waals surface area (Å²) in [6.07, 6.45) is 4.05. The second-order valence-corrected chi connectivity index (χ2v) is 15.3. The van der Waals surface area contributed by atoms with E-state index in [1.165, 1.54) is 4.90 Å². The fraction of sp³-hybridized carbons (Fsp3) is 0.316. The molecular formula is C38H41Cl2N3O4S. The van der Waals surface area contributed by atoms with Gasteiger partial charge in [0, 0.05) is 19.0 Å². The van der Waals surface area contributed by atoms with E-state index in [1.54, 1.807) is 54.6 Å². The first-order chi connectivity index (χ1) is 22.9. The molecule has 4 aromatic carbocycles. The molecule has 0 saturated heterocycles. The number of amides is 2. The minimum Gasteiger partial charge on any atom is -0.352 e. The molecule has 5 rings (SSSR count). The molecule has 0 spiro atoms. The average molecular weight is 707 g/mol. The van der Waals surface area contributed by atoms with E-state index in [0.717, 1.165) is 52.2 Å². The van der Waals surface area contributed by atoms with E-state index in [9.17, 15) is 18.0 Å². The summed E-state index contributed by atoms with van der Waals surface area (Å²) in [6.45, 7) is 5.13. The summed E-state index contributed by atoms with van der Waals surface area (Å²) < 4.78 is 29.8. The van der Waals surface area contributed by atoms with E-state index in [-0.39, 0.29) is 29.8 Å². The predicted molar refractivity (Wildman–Crippen MR) is 193 cm³/mol. The molecule has 4 aromatic rings. The quantitative estimate of drug-likeness (QED) is 0.163. The molecular weight excluding hydrogens is 665 g/mol. The summed E-state index contributed by atoms with van der Waals surface area (Å²) in [7, 11) is -4.19. The Balaban J connectivity index is 1.59. The topological polar surface area (TPSA) is 86.8 Å². The van der Waals surface area contributed by atoms with Crippen molar-refractivity contribution in [2.24, 2.45) is 0 Å². The number of aryl methyl sites for hydroxylation is 3. The van der Waals surface area contributed by atoms with E-state index in [1.807, 2.05) is 57.2 Å². The second kappa shape index (κ2) is 15.6. The molecule has 0 aliphatic heterocycles. The molecule has 0 aromatic heterocycles. The van der Waals surface area contributed by atoms with Gasteiger partial charge in [-0.05, 0) is 92.3 Å². The van der Waals surface area contributed by atoms with Crippen molar-refractivity contribution in [1.82, 2.24) is 10.2 Å². The van der Waals surface area contributed by atoms with Crippen molar-refractivity contribution < 1.29 is 18.0 Å². The molecule has 1 aliphatic rings. The normalized spacial score (nSPS) is 14.0. The molecule has 1 fully saturated rings. The molecule has 7 nitrogen and oxygen atoms in total. The molecule has 1 aliphatic carbocycles. The zero-order valence-corrected chi connectivity index (χ0v) is 29.8. The largest absolute Gasteiger partial charge is 0.352 e. The first kappa shape index (κ1) is 35.5. The number of carbonyl (C=O) groups is 2. The Kier molecular flexibility index (Phi) is 11.5. The van der Waals surface area contributed by atoms with E-state index in [0.29, 0.717) is 21.3 Å². The van der Waals surface area contributed by atoms with E-state index >= 15 is 0 Å². The number of nitrogens with one attached hydrogen (secondary N) is 1. The van der Waals surface area contributed by atoms with E-state index in [4.69, 9.17) is 23.2 Å². The molecule has 2 amide bonds. The summed E-state index contributed by atoms with van der Waals surface area (Å²) in [5.41, 5.74) is 4.51. The van der Waals surface area contributed by atoms with Crippen LogP contribution in [0.3, 0.4) is 0 Å². The van der Waals surface area contributed by atoms with Crippen LogP contribution in [0.25, 0.3) is 0 Å². The average Bonchev–Trinajstić information content (AvgIpc) is 3.56. The summed E-state index contributed by atoms with van der Waals surface area (Å²) in [4.78, 5) is 30.5. The van der Waals surface area contributed by atoms with E-state index < -0.39 is 28.5 Å². The highest BCUT2D eigenvalue weighted by Gasteiger charge is 2.35. The Morgan fingerprint density at radius 1 is 0.792 bits per heavy atom. The van der Waals surface area contributed by atoms with Crippen molar-refractivity contribution in [3.05, 3.63) is 129 Å². The van der Waals surface area contributed by atoms with Crippen molar-refractivity contribution in [1.29, 1.82) is 0 Å². The van der Waals surface area contributed by atoms with Crippen LogP contribution in [-0.2, 0) is 32.6 Å². The fourth-order valence-corrected chi connectivity index (χ4v) is 7.94. The Morgan fingerprint density at radius 2 is 1.44 bits per heavy atom. The van der Waals surface area contributed by atoms with Gasteiger partial charge in [-0.2, -0.15) is 0 Å². The summed E-state index contributed by atoms with van der Waals surface area (Å²) in [6, 6.07) is 25.7. The predicted octanol–water partition coefficient (Wildman–Crippen LogP) is 7.81. The summed E-state index contributed by atoms with van der Waals surface area (Å²) >= 11 is 12.6. The highest BCUT2D eigenvalue weighted by atomic mass is 35.5. The zero-order valence-electron chi connectivity index (χ0n) is 27.5. The smallest absolute Gasteiger partial charge is 0.264 e. The van der Waals surface area contributed by atoms with Crippen LogP contribution in [0.5, 0.6) is 0 Å². The van der Waals surface area contributed by atoms with Gasteiger partial charge in [-0.1, -0.05) is 96.2 Å². The van der Waals surface area contributed by atoms with Crippen molar-refractivity contribution in [3.63, 3.8) is 0 Å². The van der Waals surface area contributed by atoms with Gasteiger partial charge in [-0.25, -0.2) is 8.42 Å². The lowest BCUT2D eigenvalue weighted by Gasteiger charge is -2.34. The highest BCUT2D eigenvalue weighted by Crippen LogP contribution is 2.29. The van der Waals surface area contributed by atoms with Crippen molar-refractivity contribution in [2.45, 2.75) is 76.4 Å². The maximum Gasteiger partial charge on any atom is 0.264 e. The lowest BCUT2D eigenvalue weighted by molar-refractivity contribution is -0.140. The van der Waals surface area contributed by atoms with Crippen LogP contribution in [0.2, 0.25) is 10.0 Å². The molecule has 48 heavy (non-hydrogen) atoms. The Morgan fingerprint density at radius 3 is 2.06 bits per heavy atom. The lowest BCUT2D eigenvalue weighted by atomic mass is 10.0. The van der Waals surface area contributed by atoms with Crippen LogP contribution in [0.4, 0.5) is 5.69 Å². The molecule has 1 saturated carbocycles. The minimum atomic E-state index is -4.19. The molecule has 1 atom stereocenters. The van der Waals surface area contributed by atoms with Crippen molar-refractivity contribution in [3.8, 4) is 0 Å². The molecule has 1 N–H and O–H groups in total. The fourth-order valence-electron chi connectivity index (χ4n) is 6.22. The molecule has 0 unspecified atom stereocenters. The number of hydrogen-bond donors (Lipinski definition) is 1. The summed E-state index contributed by atoms with van der Waals surface area (Å²) in [5.74, 6) is -0.808. The van der Waals surface area contributed by atoms with Gasteiger partial charge in [0.1, 0.15) is 12.6 Å². The molecule has 0 heterocycles. The maximum absolute atomic E-state index is 14.7. The Bertz CT molecular complexity index is 1840. The van der Waals surface area contributed by atoms with Crippen molar-refractivity contribution >= 4 is 50.7 Å². The van der Waals surface area contributed by atoms with Gasteiger partial charge >= 0.3 is 0 Å². The molecule has 0 bridgehead atoms. The van der Waals surface area contributed by atoms with Crippen LogP contribution in [-0.4, -0.2) is 43.8 Å². The number of nitrogens with zero attached hydrogens (tertiary/aromatic N) is 2. The standard InChI is InChI=1S/C38H41Cl2N3O4S/c1-26-13-16-33(17-14-26)48(46,47)43(32-20-27(2)19-28(3)21-32)25-37(44)42(24-30-15-18-34(39)35(40)22-30)36(23-29-9-5-4-6-10-29)38(45)41-31-11-7-8-12-31/h4-6,9-10,13-22,31,36H,7-8,11-12,23-25H2,1-3H3,(H,41,45)/t36-/m0/s1. The van der Waals surface area contributed by atoms with Crippen LogP contribution in [0.15, 0.2) is 95.9 Å². The third-order valence-electron chi connectivity index (χ3n) is 8.69. The number of rotatable bonds is 12. The number of hydrogen-bond acceptors (Lipinski definition) is 4. The number of anilines is 1. The number of benzene rings is 4.